The van der Waals surface area contributed by atoms with Crippen molar-refractivity contribution in [3.8, 4) is 0 Å². The molecule has 4 rings (SSSR count). The zero-order valence-electron chi connectivity index (χ0n) is 18.0. The van der Waals surface area contributed by atoms with E-state index in [1.165, 1.54) is 0 Å². The summed E-state index contributed by atoms with van der Waals surface area (Å²) >= 11 is 6.24. The molecular formula is C23H25ClN2O6S. The lowest BCUT2D eigenvalue weighted by atomic mass is 9.96. The highest BCUT2D eigenvalue weighted by Crippen LogP contribution is 2.40. The van der Waals surface area contributed by atoms with Crippen molar-refractivity contribution in [1.29, 1.82) is 0 Å². The molecule has 0 aromatic heterocycles. The van der Waals surface area contributed by atoms with Crippen LogP contribution in [0.1, 0.15) is 17.2 Å². The maximum Gasteiger partial charge on any atom is 0.328 e. The highest BCUT2D eigenvalue weighted by atomic mass is 35.5. The van der Waals surface area contributed by atoms with Gasteiger partial charge in [-0.05, 0) is 48.9 Å². The number of sulfone groups is 1. The molecule has 10 heteroatoms. The van der Waals surface area contributed by atoms with Crippen molar-refractivity contribution in [1.82, 2.24) is 9.80 Å². The van der Waals surface area contributed by atoms with E-state index in [4.69, 9.17) is 21.8 Å². The minimum absolute atomic E-state index is 0.0285. The van der Waals surface area contributed by atoms with Crippen LogP contribution in [0.4, 0.5) is 0 Å². The number of aliphatic carboxylic acids is 2. The van der Waals surface area contributed by atoms with Gasteiger partial charge in [0.25, 0.3) is 0 Å². The molecule has 0 aliphatic carbocycles. The van der Waals surface area contributed by atoms with Crippen molar-refractivity contribution in [2.24, 2.45) is 0 Å². The first-order valence-corrected chi connectivity index (χ1v) is 12.1. The van der Waals surface area contributed by atoms with Crippen molar-refractivity contribution in [3.63, 3.8) is 0 Å². The second kappa shape index (κ2) is 10.5. The van der Waals surface area contributed by atoms with Crippen LogP contribution in [0.25, 0.3) is 0 Å². The van der Waals surface area contributed by atoms with E-state index >= 15 is 0 Å². The highest BCUT2D eigenvalue weighted by Gasteiger charge is 2.35. The molecule has 2 heterocycles. The third-order valence-electron chi connectivity index (χ3n) is 5.64. The molecule has 0 spiro atoms. The monoisotopic (exact) mass is 492 g/mol. The van der Waals surface area contributed by atoms with E-state index in [-0.39, 0.29) is 6.04 Å². The smallest absolute Gasteiger partial charge is 0.328 e. The summed E-state index contributed by atoms with van der Waals surface area (Å²) in [5.74, 6) is -2.51. The lowest BCUT2D eigenvalue weighted by Crippen LogP contribution is -2.46. The summed E-state index contributed by atoms with van der Waals surface area (Å²) in [4.78, 5) is 24.6. The second-order valence-corrected chi connectivity index (χ2v) is 10.2. The molecule has 2 aliphatic rings. The standard InChI is InChI=1S/C19H21ClN2O2S.C4H4O4/c1-21-8-10-22(11-9-21)17-12-14-4-2-3-5-18(14)25(23,24)19-7-6-15(20)13-16(17)19;5-3(6)1-2-4(7)8/h2-7,13,17H,8-12H2,1H3;1-2H,(H,5,6)(H,7,8)/b;2-1-. The fourth-order valence-corrected chi connectivity index (χ4v) is 5.92. The highest BCUT2D eigenvalue weighted by molar-refractivity contribution is 7.91. The van der Waals surface area contributed by atoms with Gasteiger partial charge in [0.1, 0.15) is 0 Å². The summed E-state index contributed by atoms with van der Waals surface area (Å²) < 4.78 is 26.5. The Morgan fingerprint density at radius 1 is 0.970 bits per heavy atom. The fraction of sp³-hybridized carbons (Fsp3) is 0.304. The molecule has 33 heavy (non-hydrogen) atoms. The molecule has 176 valence electrons. The quantitative estimate of drug-likeness (QED) is 0.628. The number of nitrogens with zero attached hydrogens (tertiary/aromatic N) is 2. The number of carbonyl (C=O) groups is 2. The van der Waals surface area contributed by atoms with Crippen molar-refractivity contribution in [3.05, 3.63) is 70.8 Å². The van der Waals surface area contributed by atoms with E-state index in [9.17, 15) is 18.0 Å². The Morgan fingerprint density at radius 3 is 2.18 bits per heavy atom. The first kappa shape index (κ1) is 24.9. The van der Waals surface area contributed by atoms with Crippen LogP contribution in [0.2, 0.25) is 5.02 Å². The van der Waals surface area contributed by atoms with Gasteiger partial charge < -0.3 is 15.1 Å². The average molecular weight is 493 g/mol. The number of carboxylic acid groups (broad SMARTS) is 2. The van der Waals surface area contributed by atoms with Gasteiger partial charge in [-0.1, -0.05) is 29.8 Å². The molecule has 0 amide bonds. The molecule has 1 saturated heterocycles. The molecule has 2 aliphatic heterocycles. The lowest BCUT2D eigenvalue weighted by Gasteiger charge is -2.38. The van der Waals surface area contributed by atoms with E-state index in [0.29, 0.717) is 33.4 Å². The van der Waals surface area contributed by atoms with E-state index in [0.717, 1.165) is 37.3 Å². The van der Waals surface area contributed by atoms with Crippen LogP contribution in [0, 0.1) is 0 Å². The Kier molecular flexibility index (Phi) is 7.91. The zero-order valence-corrected chi connectivity index (χ0v) is 19.6. The Bertz CT molecular complexity index is 1160. The van der Waals surface area contributed by atoms with E-state index in [1.807, 2.05) is 18.2 Å². The van der Waals surface area contributed by atoms with Crippen molar-refractivity contribution >= 4 is 33.4 Å². The molecule has 2 aromatic carbocycles. The molecule has 1 unspecified atom stereocenters. The van der Waals surface area contributed by atoms with Gasteiger partial charge in [-0.2, -0.15) is 0 Å². The molecule has 2 N–H and O–H groups in total. The molecule has 0 bridgehead atoms. The SMILES string of the molecule is CN1CCN(C2Cc3ccccc3S(=O)(=O)c3ccc(Cl)cc32)CC1.O=C(O)/C=C\C(=O)O. The van der Waals surface area contributed by atoms with Gasteiger partial charge in [0, 0.05) is 49.4 Å². The largest absolute Gasteiger partial charge is 0.478 e. The number of fused-ring (bicyclic) bond motifs is 2. The summed E-state index contributed by atoms with van der Waals surface area (Å²) in [7, 11) is -1.41. The zero-order chi connectivity index (χ0) is 24.2. The predicted octanol–water partition coefficient (Wildman–Crippen LogP) is 2.73. The van der Waals surface area contributed by atoms with Crippen LogP contribution < -0.4 is 0 Å². The molecule has 1 fully saturated rings. The van der Waals surface area contributed by atoms with Crippen molar-refractivity contribution in [2.75, 3.05) is 33.2 Å². The molecule has 2 aromatic rings. The van der Waals surface area contributed by atoms with E-state index in [1.54, 1.807) is 24.3 Å². The van der Waals surface area contributed by atoms with Gasteiger partial charge in [0.05, 0.1) is 9.79 Å². The maximum absolute atomic E-state index is 13.2. The van der Waals surface area contributed by atoms with Crippen LogP contribution >= 0.6 is 11.6 Å². The third-order valence-corrected chi connectivity index (χ3v) is 7.81. The van der Waals surface area contributed by atoms with Crippen LogP contribution in [0.15, 0.2) is 64.4 Å². The van der Waals surface area contributed by atoms with Crippen LogP contribution in [0.5, 0.6) is 0 Å². The summed E-state index contributed by atoms with van der Waals surface area (Å²) in [5.41, 5.74) is 1.71. The van der Waals surface area contributed by atoms with Gasteiger partial charge in [-0.25, -0.2) is 18.0 Å². The van der Waals surface area contributed by atoms with Crippen LogP contribution in [-0.2, 0) is 25.8 Å². The van der Waals surface area contributed by atoms with E-state index in [2.05, 4.69) is 16.8 Å². The van der Waals surface area contributed by atoms with Gasteiger partial charge in [0.2, 0.25) is 9.84 Å². The maximum atomic E-state index is 13.2. The Balaban J connectivity index is 0.000000331. The summed E-state index contributed by atoms with van der Waals surface area (Å²) in [6.45, 7) is 3.83. The van der Waals surface area contributed by atoms with E-state index < -0.39 is 21.8 Å². The number of likely N-dealkylation sites (N-methyl/N-ethyl adjacent to an activating group) is 1. The molecule has 8 nitrogen and oxygen atoms in total. The van der Waals surface area contributed by atoms with Gasteiger partial charge >= 0.3 is 11.9 Å². The van der Waals surface area contributed by atoms with Gasteiger partial charge in [-0.3, -0.25) is 4.90 Å². The number of rotatable bonds is 3. The summed E-state index contributed by atoms with van der Waals surface area (Å²) in [6, 6.07) is 12.6. The molecule has 1 atom stereocenters. The number of piperazine rings is 1. The second-order valence-electron chi connectivity index (χ2n) is 7.86. The van der Waals surface area contributed by atoms with Gasteiger partial charge in [-0.15, -0.1) is 0 Å². The van der Waals surface area contributed by atoms with Crippen LogP contribution in [-0.4, -0.2) is 73.6 Å². The minimum Gasteiger partial charge on any atom is -0.478 e. The first-order chi connectivity index (χ1) is 15.6. The van der Waals surface area contributed by atoms with Crippen LogP contribution in [0.3, 0.4) is 0 Å². The van der Waals surface area contributed by atoms with Crippen molar-refractivity contribution < 1.29 is 28.2 Å². The summed E-state index contributed by atoms with van der Waals surface area (Å²) in [6.07, 6.45) is 1.80. The Morgan fingerprint density at radius 2 is 1.58 bits per heavy atom. The first-order valence-electron chi connectivity index (χ1n) is 10.3. The Labute approximate surface area is 197 Å². The normalized spacial score (nSPS) is 20.1. The van der Waals surface area contributed by atoms with Gasteiger partial charge in [0.15, 0.2) is 0 Å². The number of hydrogen-bond donors (Lipinski definition) is 2. The van der Waals surface area contributed by atoms with Crippen molar-refractivity contribution in [2.45, 2.75) is 22.3 Å². The fourth-order valence-electron chi connectivity index (χ4n) is 4.00. The minimum atomic E-state index is -3.53. The number of carboxylic acids is 2. The Hall–Kier alpha value is -2.72. The topological polar surface area (TPSA) is 115 Å². The lowest BCUT2D eigenvalue weighted by molar-refractivity contribution is -0.134. The molecule has 0 saturated carbocycles. The number of benzene rings is 2. The number of halogens is 1. The summed E-state index contributed by atoms with van der Waals surface area (Å²) in [5, 5.41) is 16.2. The molecular weight excluding hydrogens is 468 g/mol. The molecule has 0 radical (unpaired) electrons. The predicted molar refractivity (Wildman–Crippen MR) is 123 cm³/mol. The number of hydrogen-bond acceptors (Lipinski definition) is 6. The third kappa shape index (κ3) is 6.00. The average Bonchev–Trinajstić information content (AvgIpc) is 2.86.